The topological polar surface area (TPSA) is 170 Å². The molecule has 1 saturated heterocycles. The second-order valence-electron chi connectivity index (χ2n) is 9.20. The molecule has 3 heterocycles. The Kier molecular flexibility index (Phi) is 7.36. The SMILES string of the molecule is N#CCC(=O)N(/N=C1\SC(=Nc2nn(-c3ccccc3)cc2C(=O)N2C(=O)c3ccccc3C2=O)NC1=O)c1ccccc1. The molecule has 5 amide bonds. The van der Waals surface area contributed by atoms with Gasteiger partial charge in [-0.3, -0.25) is 29.3 Å². The van der Waals surface area contributed by atoms with E-state index in [2.05, 4.69) is 20.5 Å². The number of hydrogen-bond acceptors (Lipinski definition) is 10. The van der Waals surface area contributed by atoms with Crippen molar-refractivity contribution in [3.05, 3.63) is 108 Å². The van der Waals surface area contributed by atoms with Crippen LogP contribution in [-0.2, 0) is 9.59 Å². The van der Waals surface area contributed by atoms with Crippen molar-refractivity contribution in [2.24, 2.45) is 10.1 Å². The van der Waals surface area contributed by atoms with Gasteiger partial charge in [0.25, 0.3) is 29.5 Å². The van der Waals surface area contributed by atoms with Gasteiger partial charge in [0.05, 0.1) is 28.6 Å². The van der Waals surface area contributed by atoms with Crippen LogP contribution in [-0.4, -0.2) is 54.4 Å². The lowest BCUT2D eigenvalue weighted by Gasteiger charge is -2.15. The summed E-state index contributed by atoms with van der Waals surface area (Å²) in [5.74, 6) is -4.01. The van der Waals surface area contributed by atoms with Gasteiger partial charge in [0.15, 0.2) is 16.0 Å². The first-order valence-corrected chi connectivity index (χ1v) is 13.8. The third kappa shape index (κ3) is 5.14. The molecular formula is C30H18N8O5S. The van der Waals surface area contributed by atoms with Crippen LogP contribution in [0.3, 0.4) is 0 Å². The second-order valence-corrected chi connectivity index (χ2v) is 10.2. The van der Waals surface area contributed by atoms with E-state index in [9.17, 15) is 24.0 Å². The fourth-order valence-electron chi connectivity index (χ4n) is 4.39. The van der Waals surface area contributed by atoms with Gasteiger partial charge >= 0.3 is 0 Å². The molecule has 0 atom stereocenters. The fourth-order valence-corrected chi connectivity index (χ4v) is 5.12. The Morgan fingerprint density at radius 2 is 1.52 bits per heavy atom. The molecule has 1 aromatic heterocycles. The molecule has 0 aliphatic carbocycles. The normalized spacial score (nSPS) is 15.8. The van der Waals surface area contributed by atoms with E-state index in [1.807, 2.05) is 0 Å². The summed E-state index contributed by atoms with van der Waals surface area (Å²) in [5.41, 5.74) is 0.931. The van der Waals surface area contributed by atoms with Gasteiger partial charge < -0.3 is 0 Å². The second kappa shape index (κ2) is 11.6. The van der Waals surface area contributed by atoms with Crippen molar-refractivity contribution in [2.75, 3.05) is 5.01 Å². The molecule has 4 aromatic rings. The molecule has 0 spiro atoms. The molecule has 14 heteroatoms. The maximum Gasteiger partial charge on any atom is 0.284 e. The molecule has 0 radical (unpaired) electrons. The van der Waals surface area contributed by atoms with E-state index in [1.54, 1.807) is 78.9 Å². The van der Waals surface area contributed by atoms with Crippen molar-refractivity contribution in [2.45, 2.75) is 6.42 Å². The van der Waals surface area contributed by atoms with Crippen LogP contribution >= 0.6 is 11.8 Å². The molecule has 2 aliphatic heterocycles. The highest BCUT2D eigenvalue weighted by Gasteiger charge is 2.41. The molecule has 214 valence electrons. The van der Waals surface area contributed by atoms with Crippen molar-refractivity contribution in [1.29, 1.82) is 5.26 Å². The van der Waals surface area contributed by atoms with Crippen molar-refractivity contribution < 1.29 is 24.0 Å². The van der Waals surface area contributed by atoms with Gasteiger partial charge in [-0.05, 0) is 48.2 Å². The lowest BCUT2D eigenvalue weighted by molar-refractivity contribution is -0.117. The lowest BCUT2D eigenvalue weighted by atomic mass is 10.1. The minimum atomic E-state index is -0.946. The summed E-state index contributed by atoms with van der Waals surface area (Å²) < 4.78 is 1.36. The first kappa shape index (κ1) is 27.9. The highest BCUT2D eigenvalue weighted by molar-refractivity contribution is 8.29. The van der Waals surface area contributed by atoms with Crippen LogP contribution in [0, 0.1) is 11.3 Å². The average molecular weight is 603 g/mol. The molecule has 3 aromatic carbocycles. The molecule has 1 fully saturated rings. The number of nitrogens with zero attached hydrogens (tertiary/aromatic N) is 7. The van der Waals surface area contributed by atoms with E-state index >= 15 is 0 Å². The van der Waals surface area contributed by atoms with Crippen LogP contribution in [0.4, 0.5) is 11.5 Å². The number of carbonyl (C=O) groups is 5. The van der Waals surface area contributed by atoms with Gasteiger partial charge in [-0.25, -0.2) is 14.6 Å². The third-order valence-electron chi connectivity index (χ3n) is 6.42. The number of nitriles is 1. The average Bonchev–Trinajstić information content (AvgIpc) is 3.70. The van der Waals surface area contributed by atoms with Crippen LogP contribution < -0.4 is 10.3 Å². The van der Waals surface area contributed by atoms with Crippen molar-refractivity contribution >= 4 is 63.0 Å². The van der Waals surface area contributed by atoms with Gasteiger partial charge in [-0.1, -0.05) is 48.5 Å². The number of para-hydroxylation sites is 2. The predicted octanol–water partition coefficient (Wildman–Crippen LogP) is 3.42. The highest BCUT2D eigenvalue weighted by Crippen LogP contribution is 2.29. The molecule has 2 aliphatic rings. The number of nitrogens with one attached hydrogen (secondary N) is 1. The van der Waals surface area contributed by atoms with E-state index in [0.717, 1.165) is 16.8 Å². The number of hydrogen-bond donors (Lipinski definition) is 1. The Balaban J connectivity index is 1.37. The van der Waals surface area contributed by atoms with E-state index in [1.165, 1.54) is 23.0 Å². The Morgan fingerprint density at radius 3 is 2.16 bits per heavy atom. The third-order valence-corrected chi connectivity index (χ3v) is 7.26. The summed E-state index contributed by atoms with van der Waals surface area (Å²) in [6, 6.07) is 24.9. The summed E-state index contributed by atoms with van der Waals surface area (Å²) in [4.78, 5) is 70.2. The molecule has 0 bridgehead atoms. The van der Waals surface area contributed by atoms with Gasteiger partial charge in [0.2, 0.25) is 0 Å². The van der Waals surface area contributed by atoms with Gasteiger partial charge in [-0.2, -0.15) is 15.4 Å². The number of hydrazone groups is 1. The molecule has 1 N–H and O–H groups in total. The summed E-state index contributed by atoms with van der Waals surface area (Å²) in [6.07, 6.45) is 0.869. The van der Waals surface area contributed by atoms with E-state index < -0.39 is 36.0 Å². The molecule has 13 nitrogen and oxygen atoms in total. The predicted molar refractivity (Wildman–Crippen MR) is 159 cm³/mol. The number of anilines is 1. The van der Waals surface area contributed by atoms with Gasteiger partial charge in [0.1, 0.15) is 12.0 Å². The zero-order valence-corrected chi connectivity index (χ0v) is 23.3. The number of amidine groups is 1. The summed E-state index contributed by atoms with van der Waals surface area (Å²) in [6.45, 7) is 0. The zero-order valence-electron chi connectivity index (χ0n) is 22.4. The van der Waals surface area contributed by atoms with Gasteiger partial charge in [-0.15, -0.1) is 5.10 Å². The summed E-state index contributed by atoms with van der Waals surface area (Å²) >= 11 is 0.775. The Bertz CT molecular complexity index is 1930. The number of amides is 5. The smallest absolute Gasteiger partial charge is 0.284 e. The lowest BCUT2D eigenvalue weighted by Crippen LogP contribution is -2.36. The minimum Gasteiger partial charge on any atom is -0.299 e. The van der Waals surface area contributed by atoms with Crippen molar-refractivity contribution in [3.63, 3.8) is 0 Å². The van der Waals surface area contributed by atoms with Crippen LogP contribution in [0.1, 0.15) is 37.5 Å². The number of benzene rings is 3. The molecule has 6 rings (SSSR count). The first-order chi connectivity index (χ1) is 21.4. The largest absolute Gasteiger partial charge is 0.299 e. The van der Waals surface area contributed by atoms with Crippen LogP contribution in [0.15, 0.2) is 101 Å². The number of carbonyl (C=O) groups excluding carboxylic acids is 5. The van der Waals surface area contributed by atoms with E-state index in [-0.39, 0.29) is 32.7 Å². The Labute approximate surface area is 253 Å². The summed E-state index contributed by atoms with van der Waals surface area (Å²) in [7, 11) is 0. The highest BCUT2D eigenvalue weighted by atomic mass is 32.2. The quantitative estimate of drug-likeness (QED) is 0.258. The Morgan fingerprint density at radius 1 is 0.909 bits per heavy atom. The number of aliphatic imine (C=N–C) groups is 1. The van der Waals surface area contributed by atoms with Crippen molar-refractivity contribution in [1.82, 2.24) is 20.0 Å². The number of aromatic nitrogens is 2. The van der Waals surface area contributed by atoms with Crippen LogP contribution in [0.2, 0.25) is 0 Å². The van der Waals surface area contributed by atoms with E-state index in [0.29, 0.717) is 16.3 Å². The van der Waals surface area contributed by atoms with Crippen LogP contribution in [0.5, 0.6) is 0 Å². The number of fused-ring (bicyclic) bond motifs is 1. The number of thioether (sulfide) groups is 1. The molecular weight excluding hydrogens is 584 g/mol. The molecule has 44 heavy (non-hydrogen) atoms. The first-order valence-electron chi connectivity index (χ1n) is 12.9. The standard InChI is InChI=1S/C30H18N8O5S/c31-16-15-23(39)38(19-11-5-2-6-12-19)35-26-25(40)33-30(44-26)32-24-22(17-36(34-24)18-9-3-1-4-10-18)29(43)37-27(41)20-13-7-8-14-21(20)28(37)42/h1-14,17H,15H2,(H,32,33,34,40)/b35-26-. The number of rotatable bonds is 6. The van der Waals surface area contributed by atoms with Crippen LogP contribution in [0.25, 0.3) is 5.69 Å². The number of imide groups is 3. The van der Waals surface area contributed by atoms with E-state index in [4.69, 9.17) is 5.26 Å². The van der Waals surface area contributed by atoms with Gasteiger partial charge in [0, 0.05) is 6.20 Å². The molecule has 0 saturated carbocycles. The minimum absolute atomic E-state index is 0.0239. The zero-order chi connectivity index (χ0) is 30.8. The monoisotopic (exact) mass is 602 g/mol. The maximum atomic E-state index is 13.7. The molecule has 0 unspecified atom stereocenters. The maximum absolute atomic E-state index is 13.7. The fraction of sp³-hybridized carbons (Fsp3) is 0.0333. The van der Waals surface area contributed by atoms with Crippen molar-refractivity contribution in [3.8, 4) is 11.8 Å². The Hall–Kier alpha value is -6.20. The summed E-state index contributed by atoms with van der Waals surface area (Å²) in [5, 5.41) is 20.9.